The normalized spacial score (nSPS) is 26.1. The van der Waals surface area contributed by atoms with E-state index in [0.29, 0.717) is 23.3 Å². The Balaban J connectivity index is 2.57. The Hall–Kier alpha value is -0.420. The van der Waals surface area contributed by atoms with Crippen molar-refractivity contribution >= 4 is 17.7 Å². The van der Waals surface area contributed by atoms with Gasteiger partial charge >= 0.3 is 0 Å². The van der Waals surface area contributed by atoms with Crippen molar-refractivity contribution < 1.29 is 0 Å². The first-order valence-corrected chi connectivity index (χ1v) is 9.08. The third kappa shape index (κ3) is 5.52. The molecule has 1 heterocycles. The van der Waals surface area contributed by atoms with Gasteiger partial charge in [0.1, 0.15) is 0 Å². The fourth-order valence-electron chi connectivity index (χ4n) is 2.40. The van der Waals surface area contributed by atoms with E-state index in [1.807, 2.05) is 11.8 Å². The summed E-state index contributed by atoms with van der Waals surface area (Å²) in [4.78, 5) is 7.25. The van der Waals surface area contributed by atoms with Crippen molar-refractivity contribution in [3.05, 3.63) is 0 Å². The lowest BCUT2D eigenvalue weighted by atomic mass is 10.1. The number of aliphatic imine (C=N–C) groups is 1. The molecule has 1 rings (SSSR count). The SMILES string of the molecule is CCNC(=NCC(C)SC)NC1CN(C(C)C)CC1C. The molecule has 1 fully saturated rings. The molecular weight excluding hydrogens is 268 g/mol. The van der Waals surface area contributed by atoms with Crippen molar-refractivity contribution in [1.82, 2.24) is 15.5 Å². The molecule has 0 aromatic heterocycles. The molecule has 0 amide bonds. The number of guanidine groups is 1. The first-order valence-electron chi connectivity index (χ1n) is 7.79. The topological polar surface area (TPSA) is 39.7 Å². The first-order chi connectivity index (χ1) is 9.47. The maximum Gasteiger partial charge on any atom is 0.191 e. The summed E-state index contributed by atoms with van der Waals surface area (Å²) in [7, 11) is 0. The summed E-state index contributed by atoms with van der Waals surface area (Å²) >= 11 is 1.86. The van der Waals surface area contributed by atoms with Crippen LogP contribution in [-0.4, -0.2) is 60.6 Å². The van der Waals surface area contributed by atoms with Gasteiger partial charge in [-0.1, -0.05) is 13.8 Å². The van der Waals surface area contributed by atoms with E-state index in [0.717, 1.165) is 25.6 Å². The predicted molar refractivity (Wildman–Crippen MR) is 91.8 cm³/mol. The molecule has 0 aromatic rings. The standard InChI is InChI=1S/C15H32N4S/c1-7-16-15(17-8-13(5)20-6)18-14-10-19(11(2)3)9-12(14)4/h11-14H,7-10H2,1-6H3,(H2,16,17,18). The van der Waals surface area contributed by atoms with E-state index >= 15 is 0 Å². The molecule has 3 atom stereocenters. The molecule has 118 valence electrons. The van der Waals surface area contributed by atoms with Gasteiger partial charge in [-0.2, -0.15) is 11.8 Å². The van der Waals surface area contributed by atoms with Gasteiger partial charge in [0, 0.05) is 37.0 Å². The van der Waals surface area contributed by atoms with E-state index in [1.54, 1.807) is 0 Å². The van der Waals surface area contributed by atoms with Crippen LogP contribution in [0.4, 0.5) is 0 Å². The van der Waals surface area contributed by atoms with Gasteiger partial charge in [0.05, 0.1) is 6.54 Å². The van der Waals surface area contributed by atoms with E-state index < -0.39 is 0 Å². The lowest BCUT2D eigenvalue weighted by molar-refractivity contribution is 0.265. The summed E-state index contributed by atoms with van der Waals surface area (Å²) in [5.41, 5.74) is 0. The summed E-state index contributed by atoms with van der Waals surface area (Å²) in [5.74, 6) is 1.63. The largest absolute Gasteiger partial charge is 0.357 e. The molecule has 0 saturated carbocycles. The lowest BCUT2D eigenvalue weighted by Crippen LogP contribution is -2.47. The average molecular weight is 301 g/mol. The number of nitrogens with zero attached hydrogens (tertiary/aromatic N) is 2. The van der Waals surface area contributed by atoms with Crippen molar-refractivity contribution in [2.45, 2.75) is 52.0 Å². The van der Waals surface area contributed by atoms with Crippen molar-refractivity contribution in [1.29, 1.82) is 0 Å². The quantitative estimate of drug-likeness (QED) is 0.581. The van der Waals surface area contributed by atoms with Crippen LogP contribution in [0.2, 0.25) is 0 Å². The Kier molecular flexibility index (Phi) is 7.74. The van der Waals surface area contributed by atoms with Crippen LogP contribution in [-0.2, 0) is 0 Å². The number of thioether (sulfide) groups is 1. The number of hydrogen-bond acceptors (Lipinski definition) is 3. The highest BCUT2D eigenvalue weighted by Crippen LogP contribution is 2.18. The van der Waals surface area contributed by atoms with Crippen LogP contribution in [0.15, 0.2) is 4.99 Å². The van der Waals surface area contributed by atoms with Crippen LogP contribution >= 0.6 is 11.8 Å². The Morgan fingerprint density at radius 3 is 2.55 bits per heavy atom. The van der Waals surface area contributed by atoms with Crippen molar-refractivity contribution in [2.24, 2.45) is 10.9 Å². The van der Waals surface area contributed by atoms with Crippen molar-refractivity contribution in [3.63, 3.8) is 0 Å². The summed E-state index contributed by atoms with van der Waals surface area (Å²) in [6.07, 6.45) is 2.14. The molecule has 0 aliphatic carbocycles. The maximum atomic E-state index is 4.71. The number of nitrogens with one attached hydrogen (secondary N) is 2. The van der Waals surface area contributed by atoms with Crippen LogP contribution in [0, 0.1) is 5.92 Å². The molecule has 0 spiro atoms. The minimum atomic E-state index is 0.500. The molecule has 1 aliphatic heterocycles. The van der Waals surface area contributed by atoms with Gasteiger partial charge in [-0.15, -0.1) is 0 Å². The molecule has 0 radical (unpaired) electrons. The van der Waals surface area contributed by atoms with Crippen molar-refractivity contribution in [2.75, 3.05) is 32.4 Å². The van der Waals surface area contributed by atoms with Gasteiger partial charge in [-0.25, -0.2) is 0 Å². The van der Waals surface area contributed by atoms with Crippen molar-refractivity contribution in [3.8, 4) is 0 Å². The predicted octanol–water partition coefficient (Wildman–Crippen LogP) is 2.02. The Bertz CT molecular complexity index is 306. The zero-order valence-electron chi connectivity index (χ0n) is 13.9. The van der Waals surface area contributed by atoms with Gasteiger partial charge in [0.25, 0.3) is 0 Å². The molecule has 0 aromatic carbocycles. The van der Waals surface area contributed by atoms with E-state index in [9.17, 15) is 0 Å². The van der Waals surface area contributed by atoms with Crippen LogP contribution in [0.3, 0.4) is 0 Å². The Labute approximate surface area is 129 Å². The third-order valence-electron chi connectivity index (χ3n) is 3.95. The number of likely N-dealkylation sites (tertiary alicyclic amines) is 1. The molecule has 3 unspecified atom stereocenters. The molecular formula is C15H32N4S. The highest BCUT2D eigenvalue weighted by Gasteiger charge is 2.31. The smallest absolute Gasteiger partial charge is 0.191 e. The zero-order chi connectivity index (χ0) is 15.1. The summed E-state index contributed by atoms with van der Waals surface area (Å²) < 4.78 is 0. The van der Waals surface area contributed by atoms with E-state index in [1.165, 1.54) is 6.54 Å². The van der Waals surface area contributed by atoms with Gasteiger partial charge in [-0.05, 0) is 32.9 Å². The minimum Gasteiger partial charge on any atom is -0.357 e. The second kappa shape index (κ2) is 8.78. The second-order valence-electron chi connectivity index (χ2n) is 6.04. The molecule has 1 saturated heterocycles. The molecule has 1 aliphatic rings. The number of hydrogen-bond donors (Lipinski definition) is 2. The van der Waals surface area contributed by atoms with Gasteiger partial charge < -0.3 is 10.6 Å². The molecule has 4 nitrogen and oxygen atoms in total. The highest BCUT2D eigenvalue weighted by molar-refractivity contribution is 7.99. The van der Waals surface area contributed by atoms with Crippen LogP contribution < -0.4 is 10.6 Å². The van der Waals surface area contributed by atoms with Crippen LogP contribution in [0.5, 0.6) is 0 Å². The van der Waals surface area contributed by atoms with Gasteiger partial charge in [0.15, 0.2) is 5.96 Å². The molecule has 5 heteroatoms. The number of rotatable bonds is 6. The van der Waals surface area contributed by atoms with Gasteiger partial charge in [-0.3, -0.25) is 9.89 Å². The average Bonchev–Trinajstić information content (AvgIpc) is 2.77. The van der Waals surface area contributed by atoms with Gasteiger partial charge in [0.2, 0.25) is 0 Å². The van der Waals surface area contributed by atoms with E-state index in [2.05, 4.69) is 56.4 Å². The molecule has 0 bridgehead atoms. The summed E-state index contributed by atoms with van der Waals surface area (Å²) in [6, 6.07) is 1.13. The summed E-state index contributed by atoms with van der Waals surface area (Å²) in [6.45, 7) is 15.3. The third-order valence-corrected chi connectivity index (χ3v) is 4.90. The monoisotopic (exact) mass is 300 g/mol. The Morgan fingerprint density at radius 2 is 2.05 bits per heavy atom. The minimum absolute atomic E-state index is 0.500. The molecule has 20 heavy (non-hydrogen) atoms. The van der Waals surface area contributed by atoms with Crippen LogP contribution in [0.25, 0.3) is 0 Å². The first kappa shape index (κ1) is 17.6. The Morgan fingerprint density at radius 1 is 1.35 bits per heavy atom. The van der Waals surface area contributed by atoms with Crippen LogP contribution in [0.1, 0.15) is 34.6 Å². The fourth-order valence-corrected chi connectivity index (χ4v) is 2.63. The van der Waals surface area contributed by atoms with E-state index in [4.69, 9.17) is 4.99 Å². The molecule has 2 N–H and O–H groups in total. The highest BCUT2D eigenvalue weighted by atomic mass is 32.2. The van der Waals surface area contributed by atoms with E-state index in [-0.39, 0.29) is 0 Å². The lowest BCUT2D eigenvalue weighted by Gasteiger charge is -2.22. The maximum absolute atomic E-state index is 4.71. The summed E-state index contributed by atoms with van der Waals surface area (Å²) in [5, 5.41) is 7.55. The zero-order valence-corrected chi connectivity index (χ0v) is 14.8. The fraction of sp³-hybridized carbons (Fsp3) is 0.933. The second-order valence-corrected chi connectivity index (χ2v) is 7.32.